The molecule has 1 aromatic carbocycles. The van der Waals surface area contributed by atoms with E-state index in [4.69, 9.17) is 0 Å². The minimum atomic E-state index is 0.0148. The lowest BCUT2D eigenvalue weighted by Gasteiger charge is -2.36. The number of para-hydroxylation sites is 1. The van der Waals surface area contributed by atoms with Gasteiger partial charge in [0.1, 0.15) is 5.69 Å². The number of hydrogen-bond acceptors (Lipinski definition) is 3. The topological polar surface area (TPSA) is 42.6 Å². The molecule has 228 valence electrons. The second kappa shape index (κ2) is 19.0. The second-order valence-electron chi connectivity index (χ2n) is 9.88. The number of carbonyl (C=O) groups is 1. The average molecular weight is 563 g/mol. The van der Waals surface area contributed by atoms with E-state index in [-0.39, 0.29) is 11.9 Å². The fraction of sp³-hybridized carbons (Fsp3) is 0.528. The Hall–Kier alpha value is -3.21. The van der Waals surface area contributed by atoms with E-state index < -0.39 is 0 Å². The summed E-state index contributed by atoms with van der Waals surface area (Å²) in [5.41, 5.74) is 6.09. The van der Waals surface area contributed by atoms with Gasteiger partial charge in [0.2, 0.25) is 0 Å². The molecule has 5 heteroatoms. The van der Waals surface area contributed by atoms with Crippen LogP contribution in [0.2, 0.25) is 0 Å². The van der Waals surface area contributed by atoms with Crippen LogP contribution in [0.15, 0.2) is 78.3 Å². The third-order valence-electron chi connectivity index (χ3n) is 7.43. The first kappa shape index (κ1) is 35.8. The molecule has 2 aliphatic heterocycles. The van der Waals surface area contributed by atoms with Crippen molar-refractivity contribution in [3.63, 3.8) is 0 Å². The number of benzene rings is 1. The number of nitrogens with zero attached hydrogens (tertiary/aromatic N) is 3. The number of fused-ring (bicyclic) bond motifs is 1. The van der Waals surface area contributed by atoms with Crippen LogP contribution in [-0.2, 0) is 0 Å². The Morgan fingerprint density at radius 3 is 2.20 bits per heavy atom. The third kappa shape index (κ3) is 9.69. The summed E-state index contributed by atoms with van der Waals surface area (Å²) >= 11 is 0. The summed E-state index contributed by atoms with van der Waals surface area (Å²) < 4.78 is 0. The second-order valence-corrected chi connectivity index (χ2v) is 9.88. The first-order valence-electron chi connectivity index (χ1n) is 16.0. The highest BCUT2D eigenvalue weighted by Gasteiger charge is 2.29. The number of rotatable bonds is 8. The predicted octanol–water partition coefficient (Wildman–Crippen LogP) is 9.54. The summed E-state index contributed by atoms with van der Waals surface area (Å²) in [4.78, 5) is 23.5. The van der Waals surface area contributed by atoms with Gasteiger partial charge in [-0.25, -0.2) is 0 Å². The lowest BCUT2D eigenvalue weighted by atomic mass is 9.95. The minimum Gasteiger partial charge on any atom is -0.372 e. The molecule has 2 fully saturated rings. The smallest absolute Gasteiger partial charge is 0.270 e. The van der Waals surface area contributed by atoms with Gasteiger partial charge in [0.05, 0.1) is 6.04 Å². The van der Waals surface area contributed by atoms with Crippen molar-refractivity contribution in [3.8, 4) is 0 Å². The van der Waals surface area contributed by atoms with Crippen LogP contribution in [0.1, 0.15) is 105 Å². The molecule has 41 heavy (non-hydrogen) atoms. The molecule has 0 aliphatic carbocycles. The fourth-order valence-electron chi connectivity index (χ4n) is 5.34. The molecule has 4 rings (SSSR count). The fourth-order valence-corrected chi connectivity index (χ4v) is 5.34. The van der Waals surface area contributed by atoms with Crippen LogP contribution < -0.4 is 0 Å². The average Bonchev–Trinajstić information content (AvgIpc) is 3.73. The largest absolute Gasteiger partial charge is 0.372 e. The van der Waals surface area contributed by atoms with Crippen LogP contribution in [0.3, 0.4) is 0 Å². The van der Waals surface area contributed by atoms with E-state index in [1.807, 2.05) is 76.8 Å². The van der Waals surface area contributed by atoms with Crippen molar-refractivity contribution >= 4 is 16.8 Å². The van der Waals surface area contributed by atoms with Crippen molar-refractivity contribution in [2.75, 3.05) is 26.2 Å². The number of allylic oxidation sites excluding steroid dienone is 2. The first-order valence-corrected chi connectivity index (χ1v) is 16.0. The van der Waals surface area contributed by atoms with Crippen LogP contribution in [0, 0.1) is 0 Å². The van der Waals surface area contributed by atoms with Gasteiger partial charge < -0.3 is 19.7 Å². The van der Waals surface area contributed by atoms with Crippen molar-refractivity contribution < 1.29 is 4.79 Å². The summed E-state index contributed by atoms with van der Waals surface area (Å²) in [5.74, 6) is 0.0584. The van der Waals surface area contributed by atoms with Gasteiger partial charge >= 0.3 is 0 Å². The van der Waals surface area contributed by atoms with Gasteiger partial charge in [0, 0.05) is 54.7 Å². The van der Waals surface area contributed by atoms with Crippen molar-refractivity contribution in [2.24, 2.45) is 0 Å². The first-order chi connectivity index (χ1) is 19.9. The lowest BCUT2D eigenvalue weighted by Crippen LogP contribution is -2.44. The SMILES string of the molecule is C=C(/C=C(/C)N(/C=C(/C)C(=C)N1CCCC1)CC)[C@@H]1CCCCN1C(=O)c1cc2ccccc2[nH]1.CC.CC.CC. The summed E-state index contributed by atoms with van der Waals surface area (Å²) in [5, 5.41) is 1.07. The van der Waals surface area contributed by atoms with Crippen LogP contribution in [0.25, 0.3) is 10.9 Å². The molecule has 1 amide bonds. The zero-order chi connectivity index (χ0) is 30.9. The number of H-pyrrole nitrogens is 1. The highest BCUT2D eigenvalue weighted by molar-refractivity contribution is 5.98. The van der Waals surface area contributed by atoms with Gasteiger partial charge in [-0.2, -0.15) is 0 Å². The van der Waals surface area contributed by atoms with E-state index in [9.17, 15) is 4.79 Å². The standard InChI is InChI=1S/C30H40N4O.3C2H6/c1-6-32(21-23(3)25(5)33-16-11-12-17-33)24(4)19-22(2)29-15-9-10-18-34(29)30(35)28-20-26-13-7-8-14-27(26)31-28;3*1-2/h7-8,13-14,19-21,29,31H,2,5-6,9-12,15-18H2,1,3-4H3;3*1-2H3/b23-21-,24-19-;;;/t29-;;;/m0.../s1. The Labute approximate surface area is 251 Å². The maximum Gasteiger partial charge on any atom is 0.270 e. The summed E-state index contributed by atoms with van der Waals surface area (Å²) in [6, 6.07) is 10.0. The van der Waals surface area contributed by atoms with Crippen molar-refractivity contribution in [3.05, 3.63) is 84.0 Å². The highest BCUT2D eigenvalue weighted by Crippen LogP contribution is 2.27. The molecule has 0 spiro atoms. The van der Waals surface area contributed by atoms with Gasteiger partial charge in [-0.15, -0.1) is 0 Å². The molecule has 3 heterocycles. The van der Waals surface area contributed by atoms with Crippen molar-refractivity contribution in [1.82, 2.24) is 19.7 Å². The Balaban J connectivity index is 0.00000131. The van der Waals surface area contributed by atoms with E-state index in [0.717, 1.165) is 73.3 Å². The van der Waals surface area contributed by atoms with Gasteiger partial charge in [-0.3, -0.25) is 4.79 Å². The van der Waals surface area contributed by atoms with Crippen LogP contribution in [-0.4, -0.2) is 57.8 Å². The number of likely N-dealkylation sites (tertiary alicyclic amines) is 2. The maximum absolute atomic E-state index is 13.5. The molecule has 1 atom stereocenters. The van der Waals surface area contributed by atoms with Gasteiger partial charge in [-0.05, 0) is 82.2 Å². The molecule has 0 bridgehead atoms. The molecule has 1 aromatic heterocycles. The Bertz CT molecular complexity index is 1120. The number of amides is 1. The summed E-state index contributed by atoms with van der Waals surface area (Å²) in [6.45, 7) is 31.0. The lowest BCUT2D eigenvalue weighted by molar-refractivity contribution is 0.0651. The van der Waals surface area contributed by atoms with Gasteiger partial charge in [0.15, 0.2) is 0 Å². The molecule has 2 aromatic rings. The monoisotopic (exact) mass is 562 g/mol. The van der Waals surface area contributed by atoms with Crippen LogP contribution in [0.5, 0.6) is 0 Å². The number of piperidine rings is 1. The van der Waals surface area contributed by atoms with Crippen LogP contribution in [0.4, 0.5) is 0 Å². The number of nitrogens with one attached hydrogen (secondary N) is 1. The zero-order valence-electron chi connectivity index (χ0n) is 27.6. The number of aromatic nitrogens is 1. The molecule has 5 nitrogen and oxygen atoms in total. The van der Waals surface area contributed by atoms with Crippen molar-refractivity contribution in [2.45, 2.75) is 100 Å². The van der Waals surface area contributed by atoms with E-state index >= 15 is 0 Å². The van der Waals surface area contributed by atoms with Gasteiger partial charge in [0.25, 0.3) is 5.91 Å². The zero-order valence-corrected chi connectivity index (χ0v) is 27.6. The normalized spacial score (nSPS) is 17.0. The molecule has 2 aliphatic rings. The Kier molecular flexibility index (Phi) is 16.6. The summed E-state index contributed by atoms with van der Waals surface area (Å²) in [7, 11) is 0. The van der Waals surface area contributed by atoms with E-state index in [1.54, 1.807) is 0 Å². The number of carbonyl (C=O) groups excluding carboxylic acids is 1. The Morgan fingerprint density at radius 2 is 1.59 bits per heavy atom. The van der Waals surface area contributed by atoms with E-state index in [1.165, 1.54) is 18.4 Å². The van der Waals surface area contributed by atoms with Crippen molar-refractivity contribution in [1.29, 1.82) is 0 Å². The summed E-state index contributed by atoms with van der Waals surface area (Å²) in [6.07, 6.45) is 9.94. The number of hydrogen-bond donors (Lipinski definition) is 1. The van der Waals surface area contributed by atoms with E-state index in [0.29, 0.717) is 5.69 Å². The molecule has 0 saturated carbocycles. The molecule has 0 unspecified atom stereocenters. The van der Waals surface area contributed by atoms with Crippen LogP contribution >= 0.6 is 0 Å². The van der Waals surface area contributed by atoms with Gasteiger partial charge in [-0.1, -0.05) is 72.9 Å². The third-order valence-corrected chi connectivity index (χ3v) is 7.43. The molecule has 0 radical (unpaired) electrons. The Morgan fingerprint density at radius 1 is 0.976 bits per heavy atom. The molecule has 2 saturated heterocycles. The molecular weight excluding hydrogens is 504 g/mol. The minimum absolute atomic E-state index is 0.0148. The molecular formula is C36H58N4O. The molecule has 1 N–H and O–H groups in total. The number of aromatic amines is 1. The maximum atomic E-state index is 13.5. The quantitative estimate of drug-likeness (QED) is 0.326. The van der Waals surface area contributed by atoms with E-state index in [2.05, 4.69) is 61.0 Å². The highest BCUT2D eigenvalue weighted by atomic mass is 16.2. The predicted molar refractivity (Wildman–Crippen MR) is 180 cm³/mol.